The van der Waals surface area contributed by atoms with Crippen molar-refractivity contribution in [2.75, 3.05) is 26.0 Å². The monoisotopic (exact) mass is 256 g/mol. The highest BCUT2D eigenvalue weighted by molar-refractivity contribution is 6.31. The van der Waals surface area contributed by atoms with Crippen molar-refractivity contribution < 1.29 is 9.53 Å². The van der Waals surface area contributed by atoms with Crippen LogP contribution >= 0.6 is 11.6 Å². The summed E-state index contributed by atoms with van der Waals surface area (Å²) < 4.78 is 5.22. The van der Waals surface area contributed by atoms with E-state index in [1.807, 2.05) is 13.0 Å². The number of halogens is 1. The number of hydrogen-bond donors (Lipinski definition) is 2. The predicted octanol–water partition coefficient (Wildman–Crippen LogP) is 2.21. The largest absolute Gasteiger partial charge is 0.495 e. The molecule has 17 heavy (non-hydrogen) atoms. The number of ether oxygens (including phenoxy) is 1. The van der Waals surface area contributed by atoms with E-state index in [1.54, 1.807) is 20.2 Å². The zero-order valence-electron chi connectivity index (χ0n) is 10.3. The molecule has 1 aromatic carbocycles. The van der Waals surface area contributed by atoms with Crippen LogP contribution in [0.5, 0.6) is 5.75 Å². The Hall–Kier alpha value is -1.42. The molecule has 0 spiro atoms. The second kappa shape index (κ2) is 6.35. The lowest BCUT2D eigenvalue weighted by Crippen LogP contribution is -2.20. The van der Waals surface area contributed by atoms with Gasteiger partial charge in [-0.25, -0.2) is 0 Å². The van der Waals surface area contributed by atoms with Gasteiger partial charge in [-0.3, -0.25) is 4.79 Å². The van der Waals surface area contributed by atoms with E-state index < -0.39 is 0 Å². The van der Waals surface area contributed by atoms with Crippen LogP contribution in [0.25, 0.3) is 0 Å². The fraction of sp³-hybridized carbons (Fsp3) is 0.417. The zero-order chi connectivity index (χ0) is 12.8. The molecule has 5 heteroatoms. The minimum absolute atomic E-state index is 0.00199. The van der Waals surface area contributed by atoms with Gasteiger partial charge in [-0.2, -0.15) is 0 Å². The van der Waals surface area contributed by atoms with Crippen LogP contribution in [0.4, 0.5) is 5.69 Å². The van der Waals surface area contributed by atoms with E-state index in [-0.39, 0.29) is 5.91 Å². The molecule has 0 aliphatic rings. The van der Waals surface area contributed by atoms with Crippen molar-refractivity contribution in [3.63, 3.8) is 0 Å². The van der Waals surface area contributed by atoms with Crippen LogP contribution in [0.2, 0.25) is 5.02 Å². The Balaban J connectivity index is 2.69. The van der Waals surface area contributed by atoms with Crippen LogP contribution in [0.15, 0.2) is 12.1 Å². The average Bonchev–Trinajstić information content (AvgIpc) is 2.32. The minimum Gasteiger partial charge on any atom is -0.495 e. The number of carbonyl (C=O) groups is 1. The molecule has 2 N–H and O–H groups in total. The molecule has 1 rings (SSSR count). The third-order valence-electron chi connectivity index (χ3n) is 2.43. The molecule has 0 unspecified atom stereocenters. The Kier molecular flexibility index (Phi) is 5.10. The van der Waals surface area contributed by atoms with E-state index in [4.69, 9.17) is 16.3 Å². The highest BCUT2D eigenvalue weighted by Crippen LogP contribution is 2.30. The van der Waals surface area contributed by atoms with Crippen LogP contribution in [0.3, 0.4) is 0 Å². The second-order valence-electron chi connectivity index (χ2n) is 3.65. The summed E-state index contributed by atoms with van der Waals surface area (Å²) in [5.74, 6) is 0.680. The lowest BCUT2D eigenvalue weighted by molar-refractivity contribution is -0.120. The Morgan fingerprint density at radius 2 is 2.18 bits per heavy atom. The number of hydrogen-bond acceptors (Lipinski definition) is 3. The van der Waals surface area contributed by atoms with Crippen molar-refractivity contribution in [3.8, 4) is 5.75 Å². The van der Waals surface area contributed by atoms with Crippen LogP contribution in [-0.4, -0.2) is 26.6 Å². The third-order valence-corrected chi connectivity index (χ3v) is 2.83. The molecule has 0 aliphatic heterocycles. The van der Waals surface area contributed by atoms with Gasteiger partial charge in [-0.15, -0.1) is 0 Å². The predicted molar refractivity (Wildman–Crippen MR) is 69.9 cm³/mol. The lowest BCUT2D eigenvalue weighted by Gasteiger charge is -2.12. The fourth-order valence-electron chi connectivity index (χ4n) is 1.41. The van der Waals surface area contributed by atoms with Gasteiger partial charge in [0, 0.05) is 31.1 Å². The molecule has 4 nitrogen and oxygen atoms in total. The molecule has 0 aliphatic carbocycles. The van der Waals surface area contributed by atoms with Gasteiger partial charge in [0.2, 0.25) is 5.91 Å². The van der Waals surface area contributed by atoms with E-state index >= 15 is 0 Å². The van der Waals surface area contributed by atoms with E-state index in [1.165, 1.54) is 0 Å². The van der Waals surface area contributed by atoms with E-state index in [0.717, 1.165) is 11.3 Å². The van der Waals surface area contributed by atoms with E-state index in [2.05, 4.69) is 10.6 Å². The molecule has 1 aromatic rings. The molecular formula is C12H17ClN2O2. The molecular weight excluding hydrogens is 240 g/mol. The van der Waals surface area contributed by atoms with Crippen molar-refractivity contribution in [1.82, 2.24) is 5.32 Å². The maximum absolute atomic E-state index is 11.1. The van der Waals surface area contributed by atoms with Crippen LogP contribution in [0, 0.1) is 6.92 Å². The van der Waals surface area contributed by atoms with Gasteiger partial charge in [-0.1, -0.05) is 11.6 Å². The molecule has 0 heterocycles. The number of anilines is 1. The van der Waals surface area contributed by atoms with Gasteiger partial charge < -0.3 is 15.4 Å². The first kappa shape index (κ1) is 13.6. The molecule has 0 atom stereocenters. The maximum Gasteiger partial charge on any atom is 0.221 e. The van der Waals surface area contributed by atoms with Crippen molar-refractivity contribution in [2.24, 2.45) is 0 Å². The number of methoxy groups -OCH3 is 1. The number of rotatable bonds is 5. The standard InChI is InChI=1S/C12H17ClN2O2/c1-8-6-10(11(17-3)7-9(8)13)15-5-4-12(16)14-2/h6-7,15H,4-5H2,1-3H3,(H,14,16). The summed E-state index contributed by atoms with van der Waals surface area (Å²) in [4.78, 5) is 11.1. The SMILES string of the molecule is CNC(=O)CCNc1cc(C)c(Cl)cc1OC. The van der Waals surface area contributed by atoms with Crippen LogP contribution in [0.1, 0.15) is 12.0 Å². The van der Waals surface area contributed by atoms with Gasteiger partial charge in [0.15, 0.2) is 0 Å². The van der Waals surface area contributed by atoms with Gasteiger partial charge in [0.05, 0.1) is 12.8 Å². The summed E-state index contributed by atoms with van der Waals surface area (Å²) in [5, 5.41) is 6.39. The highest BCUT2D eigenvalue weighted by Gasteiger charge is 2.07. The minimum atomic E-state index is 0.00199. The van der Waals surface area contributed by atoms with Gasteiger partial charge in [-0.05, 0) is 18.6 Å². The summed E-state index contributed by atoms with van der Waals surface area (Å²) in [6.07, 6.45) is 0.418. The summed E-state index contributed by atoms with van der Waals surface area (Å²) in [5.41, 5.74) is 1.81. The fourth-order valence-corrected chi connectivity index (χ4v) is 1.56. The Labute approximate surface area is 106 Å². The lowest BCUT2D eigenvalue weighted by atomic mass is 10.2. The van der Waals surface area contributed by atoms with Crippen molar-refractivity contribution in [2.45, 2.75) is 13.3 Å². The third kappa shape index (κ3) is 3.82. The van der Waals surface area contributed by atoms with Crippen LogP contribution < -0.4 is 15.4 Å². The molecule has 0 bridgehead atoms. The molecule has 0 fully saturated rings. The number of amides is 1. The molecule has 0 aromatic heterocycles. The van der Waals surface area contributed by atoms with Gasteiger partial charge >= 0.3 is 0 Å². The Morgan fingerprint density at radius 1 is 1.47 bits per heavy atom. The quantitative estimate of drug-likeness (QED) is 0.849. The van der Waals surface area contributed by atoms with Crippen molar-refractivity contribution >= 4 is 23.2 Å². The Morgan fingerprint density at radius 3 is 2.76 bits per heavy atom. The van der Waals surface area contributed by atoms with E-state index in [9.17, 15) is 4.79 Å². The molecule has 1 amide bonds. The zero-order valence-corrected chi connectivity index (χ0v) is 11.0. The first-order valence-corrected chi connectivity index (χ1v) is 5.75. The summed E-state index contributed by atoms with van der Waals surface area (Å²) >= 11 is 6.00. The molecule has 0 radical (unpaired) electrons. The molecule has 0 saturated heterocycles. The summed E-state index contributed by atoms with van der Waals surface area (Å²) in [6, 6.07) is 3.67. The van der Waals surface area contributed by atoms with Crippen LogP contribution in [-0.2, 0) is 4.79 Å². The van der Waals surface area contributed by atoms with Crippen molar-refractivity contribution in [3.05, 3.63) is 22.7 Å². The topological polar surface area (TPSA) is 50.4 Å². The second-order valence-corrected chi connectivity index (χ2v) is 4.06. The number of aryl methyl sites for hydroxylation is 1. The van der Waals surface area contributed by atoms with E-state index in [0.29, 0.717) is 23.7 Å². The summed E-state index contributed by atoms with van der Waals surface area (Å²) in [6.45, 7) is 2.48. The number of benzene rings is 1. The average molecular weight is 257 g/mol. The maximum atomic E-state index is 11.1. The smallest absolute Gasteiger partial charge is 0.221 e. The molecule has 94 valence electrons. The number of carbonyl (C=O) groups excluding carboxylic acids is 1. The normalized spacial score (nSPS) is 9.88. The van der Waals surface area contributed by atoms with Crippen molar-refractivity contribution in [1.29, 1.82) is 0 Å². The number of nitrogens with one attached hydrogen (secondary N) is 2. The molecule has 0 saturated carbocycles. The first-order chi connectivity index (χ1) is 8.08. The Bertz CT molecular complexity index is 408. The highest BCUT2D eigenvalue weighted by atomic mass is 35.5. The summed E-state index contributed by atoms with van der Waals surface area (Å²) in [7, 11) is 3.21. The van der Waals surface area contributed by atoms with Gasteiger partial charge in [0.1, 0.15) is 5.75 Å². The first-order valence-electron chi connectivity index (χ1n) is 5.37. The van der Waals surface area contributed by atoms with Gasteiger partial charge in [0.25, 0.3) is 0 Å².